The van der Waals surface area contributed by atoms with Crippen molar-refractivity contribution in [1.82, 2.24) is 0 Å². The zero-order valence-electron chi connectivity index (χ0n) is 12.5. The van der Waals surface area contributed by atoms with E-state index in [0.717, 1.165) is 0 Å². The van der Waals surface area contributed by atoms with Gasteiger partial charge in [-0.15, -0.1) is 24.8 Å². The van der Waals surface area contributed by atoms with E-state index in [2.05, 4.69) is 50.5 Å². The summed E-state index contributed by atoms with van der Waals surface area (Å²) in [5.74, 6) is 5.28. The molecule has 0 radical (unpaired) electrons. The second-order valence-electron chi connectivity index (χ2n) is 5.53. The molecule has 19 heavy (non-hydrogen) atoms. The Bertz CT molecular complexity index is 459. The minimum Gasteiger partial charge on any atom is -0.147 e. The molecule has 2 rings (SSSR count). The van der Waals surface area contributed by atoms with Crippen molar-refractivity contribution in [2.24, 2.45) is 0 Å². The molecule has 0 saturated carbocycles. The Balaban J connectivity index is 0.00000162. The van der Waals surface area contributed by atoms with Gasteiger partial charge < -0.3 is 0 Å². The summed E-state index contributed by atoms with van der Waals surface area (Å²) >= 11 is -1.57. The second kappa shape index (κ2) is 8.41. The summed E-state index contributed by atoms with van der Waals surface area (Å²) in [6, 6.07) is 0. The van der Waals surface area contributed by atoms with Crippen molar-refractivity contribution in [3.05, 3.63) is 41.6 Å². The van der Waals surface area contributed by atoms with E-state index in [9.17, 15) is 0 Å². The maximum atomic E-state index is 2.64. The van der Waals surface area contributed by atoms with Crippen molar-refractivity contribution >= 4 is 35.5 Å². The van der Waals surface area contributed by atoms with Gasteiger partial charge in [-0.2, -0.15) is 0 Å². The van der Waals surface area contributed by atoms with Crippen molar-refractivity contribution in [3.8, 4) is 0 Å². The standard InChI is InChI=1S/C7H9.C6H7.C2H7Ge.2ClH.Hf/c1-6-4-3-5-7(6)2;1-6-4-2-3-5-6;1-3-2;;;/h4H,3H2,1-2H3;2,4H,3H2,1H3;3H,1-2H3;2*1H;. The van der Waals surface area contributed by atoms with Gasteiger partial charge in [0.25, 0.3) is 0 Å². The first-order valence-corrected chi connectivity index (χ1v) is 27.1. The number of hydrogen-bond donors (Lipinski definition) is 0. The summed E-state index contributed by atoms with van der Waals surface area (Å²) in [7, 11) is -0.956. The molecule has 0 unspecified atom stereocenters. The number of rotatable bonds is 3. The normalized spacial score (nSPS) is 17.7. The van der Waals surface area contributed by atoms with E-state index >= 15 is 0 Å². The molecule has 0 bridgehead atoms. The molecule has 4 heteroatoms. The predicted molar refractivity (Wildman–Crippen MR) is 90.9 cm³/mol. The molecule has 0 fully saturated rings. The van der Waals surface area contributed by atoms with Gasteiger partial charge in [0.15, 0.2) is 0 Å². The maximum Gasteiger partial charge on any atom is -0.147 e. The van der Waals surface area contributed by atoms with Gasteiger partial charge in [-0.1, -0.05) is 0 Å². The summed E-state index contributed by atoms with van der Waals surface area (Å²) < 4.78 is 3.91. The Morgan fingerprint density at radius 3 is 2.00 bits per heavy atom. The SMILES string of the molecule is CC1=CC[C]([Hf]([C]2=C(C)C=CC2)[GeH]([CH3])[CH3])=C1C.Cl.Cl. The molecule has 0 nitrogen and oxygen atoms in total. The third-order valence-electron chi connectivity index (χ3n) is 4.05. The van der Waals surface area contributed by atoms with E-state index in [-0.39, 0.29) is 24.8 Å². The van der Waals surface area contributed by atoms with E-state index in [1.54, 1.807) is 16.7 Å². The van der Waals surface area contributed by atoms with Crippen molar-refractivity contribution in [1.29, 1.82) is 0 Å². The first-order valence-electron chi connectivity index (χ1n) is 6.63. The van der Waals surface area contributed by atoms with Gasteiger partial charge in [-0.3, -0.25) is 0 Å². The molecule has 0 aliphatic heterocycles. The summed E-state index contributed by atoms with van der Waals surface area (Å²) in [5.41, 5.74) is 4.88. The third-order valence-corrected chi connectivity index (χ3v) is 48.9. The largest absolute Gasteiger partial charge is 0.147 e. The fourth-order valence-electron chi connectivity index (χ4n) is 2.93. The average Bonchev–Trinajstić information content (AvgIpc) is 2.80. The molecule has 0 saturated heterocycles. The molecule has 107 valence electrons. The van der Waals surface area contributed by atoms with Crippen molar-refractivity contribution < 1.29 is 19.0 Å². The van der Waals surface area contributed by atoms with Crippen LogP contribution in [0.2, 0.25) is 11.5 Å². The van der Waals surface area contributed by atoms with E-state index < -0.39 is 29.6 Å². The molecule has 0 aromatic carbocycles. The molecule has 0 spiro atoms. The van der Waals surface area contributed by atoms with Crippen molar-refractivity contribution in [2.75, 3.05) is 0 Å². The molecule has 0 atom stereocenters. The maximum absolute atomic E-state index is 2.64. The molecule has 0 aromatic rings. The van der Waals surface area contributed by atoms with Gasteiger partial charge in [0.1, 0.15) is 0 Å². The Hall–Kier alpha value is 0.953. The van der Waals surface area contributed by atoms with Crippen LogP contribution in [0, 0.1) is 0 Å². The molecule has 0 N–H and O–H groups in total. The number of hydrogen-bond acceptors (Lipinski definition) is 0. The minimum absolute atomic E-state index is 0. The molecule has 2 aliphatic rings. The van der Waals surface area contributed by atoms with Crippen LogP contribution >= 0.6 is 24.8 Å². The van der Waals surface area contributed by atoms with Crippen molar-refractivity contribution in [3.63, 3.8) is 0 Å². The van der Waals surface area contributed by atoms with Gasteiger partial charge in [-0.05, 0) is 0 Å². The monoisotopic (exact) mass is 529 g/mol. The summed E-state index contributed by atoms with van der Waals surface area (Å²) in [6.45, 7) is 7.02. The molecular weight excluding hydrogens is 502 g/mol. The van der Waals surface area contributed by atoms with Gasteiger partial charge in [-0.25, -0.2) is 0 Å². The fraction of sp³-hybridized carbons (Fsp3) is 0.467. The second-order valence-corrected chi connectivity index (χ2v) is 49.2. The van der Waals surface area contributed by atoms with Crippen LogP contribution in [0.5, 0.6) is 0 Å². The Kier molecular flexibility index (Phi) is 8.83. The first kappa shape index (κ1) is 20.0. The summed E-state index contributed by atoms with van der Waals surface area (Å²) in [6.07, 6.45) is 9.84. The van der Waals surface area contributed by atoms with E-state index in [1.807, 2.05) is 6.66 Å². The van der Waals surface area contributed by atoms with Crippen LogP contribution in [0.3, 0.4) is 0 Å². The van der Waals surface area contributed by atoms with Gasteiger partial charge in [0, 0.05) is 0 Å². The molecule has 0 heterocycles. The van der Waals surface area contributed by atoms with Crippen LogP contribution in [0.15, 0.2) is 41.6 Å². The third kappa shape index (κ3) is 4.21. The van der Waals surface area contributed by atoms with Gasteiger partial charge in [0.2, 0.25) is 0 Å². The van der Waals surface area contributed by atoms with Crippen LogP contribution in [0.25, 0.3) is 0 Å². The van der Waals surface area contributed by atoms with E-state index in [1.165, 1.54) is 12.8 Å². The van der Waals surface area contributed by atoms with E-state index in [4.69, 9.17) is 0 Å². The summed E-state index contributed by atoms with van der Waals surface area (Å²) in [5, 5.41) is 0. The number of halogens is 2. The molecule has 2 aliphatic carbocycles. The number of allylic oxidation sites excluding steroid dienone is 8. The van der Waals surface area contributed by atoms with Crippen LogP contribution in [0.4, 0.5) is 0 Å². The molecule has 0 amide bonds. The Morgan fingerprint density at radius 1 is 1.00 bits per heavy atom. The Labute approximate surface area is 140 Å². The summed E-state index contributed by atoms with van der Waals surface area (Å²) in [4.78, 5) is 0. The topological polar surface area (TPSA) is 0 Å². The van der Waals surface area contributed by atoms with Gasteiger partial charge >= 0.3 is 116 Å². The Morgan fingerprint density at radius 2 is 1.63 bits per heavy atom. The van der Waals surface area contributed by atoms with Crippen molar-refractivity contribution in [2.45, 2.75) is 45.1 Å². The quantitative estimate of drug-likeness (QED) is 0.438. The van der Waals surface area contributed by atoms with E-state index in [0.29, 0.717) is 0 Å². The average molecular weight is 527 g/mol. The fourth-order valence-corrected chi connectivity index (χ4v) is 51.2. The van der Waals surface area contributed by atoms with Gasteiger partial charge in [0.05, 0.1) is 0 Å². The minimum atomic E-state index is -1.57. The first-order chi connectivity index (χ1) is 8.02. The van der Waals surface area contributed by atoms with Crippen LogP contribution in [-0.4, -0.2) is 10.6 Å². The zero-order chi connectivity index (χ0) is 12.6. The molecule has 0 aromatic heterocycles. The zero-order valence-corrected chi connectivity index (χ0v) is 20.2. The van der Waals surface area contributed by atoms with Crippen LogP contribution in [-0.2, 0) is 19.0 Å². The smallest absolute Gasteiger partial charge is 0.147 e. The van der Waals surface area contributed by atoms with Crippen LogP contribution in [0.1, 0.15) is 33.6 Å². The van der Waals surface area contributed by atoms with Crippen LogP contribution < -0.4 is 0 Å². The molecular formula is C15H25Cl2GeHf. The predicted octanol–water partition coefficient (Wildman–Crippen LogP) is 5.29.